The Morgan fingerprint density at radius 2 is 0.776 bits per heavy atom. The lowest BCUT2D eigenvalue weighted by molar-refractivity contribution is -0.115. The Bertz CT molecular complexity index is 5820. The molecule has 2 amide bonds. The first kappa shape index (κ1) is 87.7. The molecule has 0 aliphatic heterocycles. The number of nitrogen functional groups attached to an aromatic ring is 1. The summed E-state index contributed by atoms with van der Waals surface area (Å²) >= 11 is 11.7. The van der Waals surface area contributed by atoms with Crippen molar-refractivity contribution in [1.29, 1.82) is 0 Å². The van der Waals surface area contributed by atoms with Crippen LogP contribution in [0.2, 0.25) is 0 Å². The van der Waals surface area contributed by atoms with Crippen molar-refractivity contribution in [3.05, 3.63) is 265 Å². The van der Waals surface area contributed by atoms with Gasteiger partial charge in [0.2, 0.25) is 21.7 Å². The quantitative estimate of drug-likeness (QED) is 0.0196. The predicted octanol–water partition coefficient (Wildman–Crippen LogP) is 16.0. The molecule has 36 heteroatoms. The van der Waals surface area contributed by atoms with Crippen LogP contribution in [0.5, 0.6) is 34.5 Å². The summed E-state index contributed by atoms with van der Waals surface area (Å²) < 4.78 is 145. The number of sulfone groups is 1. The number of rotatable bonds is 26. The first-order valence-corrected chi connectivity index (χ1v) is 38.3. The van der Waals surface area contributed by atoms with E-state index in [1.165, 1.54) is 136 Å². The molecule has 0 unspecified atom stereocenters. The van der Waals surface area contributed by atoms with Crippen LogP contribution in [0.15, 0.2) is 245 Å². The lowest BCUT2D eigenvalue weighted by Crippen LogP contribution is -2.19. The predicted molar refractivity (Wildman–Crippen MR) is 429 cm³/mol. The number of hydrogen-bond donors (Lipinski definition) is 3. The van der Waals surface area contributed by atoms with Crippen LogP contribution in [0.3, 0.4) is 0 Å². The van der Waals surface area contributed by atoms with Gasteiger partial charge < -0.3 is 58.5 Å². The van der Waals surface area contributed by atoms with Gasteiger partial charge in [0.1, 0.15) is 17.1 Å². The molecule has 0 spiro atoms. The number of nitrogens with one attached hydrogen (secondary N) is 2. The van der Waals surface area contributed by atoms with E-state index in [9.17, 15) is 58.7 Å². The smallest absolute Gasteiger partial charge is 0.280 e. The Morgan fingerprint density at radius 1 is 0.431 bits per heavy atom. The standard InChI is InChI=1S/C27H24F2N4O6S.C27H24F2N4O4S.C25H22F2N4O3S.CH2Cl2/c1-16(34)30-19-5-4-6-20(12-19)40(36,37)27-31-21(13-22(32-27)26(28)29)18-8-10-25(35)33(15-18)14-17-7-9-23(38-2)24(11-17)39-3;1-16(34)30-19-5-4-6-20(12-19)38-27-31-21(13-22(32-27)26(28)29)18-8-10-25(35)33(15-18)14-17-7-9-23(36-2)24(11-17)37-3;1-33-21-8-6-15(10-22(21)34-2)13-31-14-16(7-9-23(31)32)19-12-20(24(26)27)30-25(29-19)35-18-5-3-4-17(28)11-18;2-1-3/h4-13,15,26H,14H2,1-3H3,(H,30,34);4-13,15,26H,14H2,1-3H3,(H,30,34);3-12,14,24H,13,28H2,1-2H3;1H2. The van der Waals surface area contributed by atoms with E-state index >= 15 is 0 Å². The fourth-order valence-electron chi connectivity index (χ4n) is 10.9. The average molecular weight is 1690 g/mol. The molecule has 25 nitrogen and oxygen atoms in total. The van der Waals surface area contributed by atoms with Crippen LogP contribution in [0.4, 0.5) is 43.4 Å². The second-order valence-electron chi connectivity index (χ2n) is 24.3. The van der Waals surface area contributed by atoms with E-state index in [0.717, 1.165) is 45.6 Å². The van der Waals surface area contributed by atoms with Crippen LogP contribution in [0.1, 0.15) is 66.9 Å². The van der Waals surface area contributed by atoms with Gasteiger partial charge in [-0.3, -0.25) is 24.0 Å². The molecule has 0 bridgehead atoms. The number of pyridine rings is 3. The molecular weight excluding hydrogens is 1620 g/mol. The number of amides is 2. The third-order valence-electron chi connectivity index (χ3n) is 16.2. The van der Waals surface area contributed by atoms with E-state index in [0.29, 0.717) is 67.5 Å². The Hall–Kier alpha value is -12.2. The third kappa shape index (κ3) is 23.9. The second-order valence-corrected chi connectivity index (χ2v) is 29.0. The lowest BCUT2D eigenvalue weighted by atomic mass is 10.1. The highest BCUT2D eigenvalue weighted by Gasteiger charge is 2.27. The molecule has 0 atom stereocenters. The molecule has 6 aromatic heterocycles. The van der Waals surface area contributed by atoms with E-state index in [1.54, 1.807) is 117 Å². The number of alkyl halides is 8. The van der Waals surface area contributed by atoms with E-state index in [1.807, 2.05) is 12.1 Å². The number of halogens is 8. The number of anilines is 3. The monoisotopic (exact) mass is 1690 g/mol. The molecule has 0 aliphatic rings. The summed E-state index contributed by atoms with van der Waals surface area (Å²) in [7, 11) is 4.64. The zero-order valence-corrected chi connectivity index (χ0v) is 66.7. The zero-order valence-electron chi connectivity index (χ0n) is 62.8. The fourth-order valence-corrected chi connectivity index (χ4v) is 13.8. The number of aromatic nitrogens is 9. The number of ether oxygens (including phenoxy) is 6. The van der Waals surface area contributed by atoms with Gasteiger partial charge in [0.15, 0.2) is 44.8 Å². The van der Waals surface area contributed by atoms with Gasteiger partial charge in [0.05, 0.1) is 89.6 Å². The third-order valence-corrected chi connectivity index (χ3v) is 19.5. The summed E-state index contributed by atoms with van der Waals surface area (Å²) in [5, 5.41) is 4.76. The van der Waals surface area contributed by atoms with Crippen molar-refractivity contribution in [2.24, 2.45) is 0 Å². The topological polar surface area (TPSA) is 317 Å². The molecule has 0 saturated carbocycles. The highest BCUT2D eigenvalue weighted by atomic mass is 35.5. The number of nitrogens with zero attached hydrogens (tertiary/aromatic N) is 9. The van der Waals surface area contributed by atoms with Gasteiger partial charge in [-0.2, -0.15) is 0 Å². The Balaban J connectivity index is 0.000000196. The molecule has 6 heterocycles. The van der Waals surface area contributed by atoms with Crippen molar-refractivity contribution in [3.8, 4) is 68.3 Å². The van der Waals surface area contributed by atoms with Gasteiger partial charge in [0.25, 0.3) is 41.1 Å². The van der Waals surface area contributed by atoms with Crippen molar-refractivity contribution in [1.82, 2.24) is 43.6 Å². The molecule has 0 aliphatic carbocycles. The zero-order chi connectivity index (χ0) is 83.9. The molecular formula is C80H72Cl2F6N12O13S3. The first-order valence-electron chi connectivity index (χ1n) is 34.1. The molecule has 0 saturated heterocycles. The van der Waals surface area contributed by atoms with Crippen molar-refractivity contribution in [2.45, 2.75) is 82.9 Å². The van der Waals surface area contributed by atoms with Gasteiger partial charge in [-0.1, -0.05) is 36.4 Å². The molecule has 0 fully saturated rings. The second kappa shape index (κ2) is 41.2. The number of hydrogen-bond acceptors (Lipinski definition) is 22. The average Bonchev–Trinajstić information content (AvgIpc) is 0.765. The Morgan fingerprint density at radius 3 is 1.14 bits per heavy atom. The van der Waals surface area contributed by atoms with Crippen LogP contribution >= 0.6 is 46.7 Å². The van der Waals surface area contributed by atoms with Crippen LogP contribution < -0.4 is 61.5 Å². The minimum absolute atomic E-state index is 0.0981. The molecule has 0 radical (unpaired) electrons. The maximum atomic E-state index is 13.8. The van der Waals surface area contributed by atoms with E-state index < -0.39 is 57.3 Å². The minimum Gasteiger partial charge on any atom is -0.493 e. The highest BCUT2D eigenvalue weighted by molar-refractivity contribution is 7.99. The van der Waals surface area contributed by atoms with Crippen LogP contribution in [0.25, 0.3) is 33.8 Å². The molecule has 12 rings (SSSR count). The van der Waals surface area contributed by atoms with Gasteiger partial charge in [-0.15, -0.1) is 23.2 Å². The normalized spacial score (nSPS) is 11.0. The van der Waals surface area contributed by atoms with Crippen molar-refractivity contribution in [2.75, 3.05) is 64.4 Å². The number of carbonyl (C=O) groups excluding carboxylic acids is 2. The van der Waals surface area contributed by atoms with E-state index in [2.05, 4.69) is 40.5 Å². The number of carbonyl (C=O) groups is 2. The lowest BCUT2D eigenvalue weighted by Gasteiger charge is -2.13. The van der Waals surface area contributed by atoms with E-state index in [-0.39, 0.29) is 91.1 Å². The van der Waals surface area contributed by atoms with Gasteiger partial charge in [-0.05, 0) is 168 Å². The Labute approximate surface area is 678 Å². The van der Waals surface area contributed by atoms with E-state index in [4.69, 9.17) is 57.4 Å². The molecule has 12 aromatic rings. The van der Waals surface area contributed by atoms with Crippen molar-refractivity contribution >= 4 is 85.4 Å². The summed E-state index contributed by atoms with van der Waals surface area (Å²) in [5.74, 6) is 2.51. The Kier molecular flexibility index (Phi) is 31.1. The van der Waals surface area contributed by atoms with Crippen LogP contribution in [0, 0.1) is 0 Å². The van der Waals surface area contributed by atoms with Gasteiger partial charge in [0, 0.05) is 94.2 Å². The van der Waals surface area contributed by atoms with Crippen molar-refractivity contribution < 1.29 is 72.8 Å². The largest absolute Gasteiger partial charge is 0.493 e. The van der Waals surface area contributed by atoms with Crippen LogP contribution in [-0.4, -0.2) is 112 Å². The summed E-state index contributed by atoms with van der Waals surface area (Å²) in [4.78, 5) is 86.2. The maximum absolute atomic E-state index is 13.8. The van der Waals surface area contributed by atoms with Gasteiger partial charge in [-0.25, -0.2) is 64.7 Å². The number of benzene rings is 6. The summed E-state index contributed by atoms with van der Waals surface area (Å²) in [6, 6.07) is 46.8. The highest BCUT2D eigenvalue weighted by Crippen LogP contribution is 2.37. The fraction of sp³-hybridized carbons (Fsp3) is 0.188. The summed E-state index contributed by atoms with van der Waals surface area (Å²) in [5.41, 5.74) is 8.45. The van der Waals surface area contributed by atoms with Crippen molar-refractivity contribution in [3.63, 3.8) is 0 Å². The summed E-state index contributed by atoms with van der Waals surface area (Å²) in [6.45, 7) is 3.21. The minimum atomic E-state index is -4.47. The first-order chi connectivity index (χ1) is 55.5. The maximum Gasteiger partial charge on any atom is 0.280 e. The van der Waals surface area contributed by atoms with Crippen LogP contribution in [-0.2, 0) is 39.1 Å². The number of nitrogens with two attached hydrogens (primary N) is 1. The SMILES string of the molecule is COc1ccc(Cn2cc(-c3cc(C(F)F)nc(S(=O)(=O)c4cccc(NC(C)=O)c4)n3)ccc2=O)cc1OC.COc1ccc(Cn2cc(-c3cc(C(F)F)nc(Sc4cccc(N)c4)n3)ccc2=O)cc1OC.COc1ccc(Cn2cc(-c3cc(C(F)F)nc(Sc4cccc(NC(C)=O)c4)n3)ccc2=O)cc1OC.ClCCl. The molecule has 116 heavy (non-hydrogen) atoms. The molecule has 4 N–H and O–H groups in total. The summed E-state index contributed by atoms with van der Waals surface area (Å²) in [6.07, 6.45) is -4.15. The van der Waals surface area contributed by atoms with Gasteiger partial charge >= 0.3 is 0 Å². The number of methoxy groups -OCH3 is 6. The molecule has 6 aromatic carbocycles. The molecule has 604 valence electrons.